The molecule has 0 fully saturated rings. The SMILES string of the molecule is C.O=Cc1ccc(-c2ccc(-c3ccc(-c4ccc(C=O)cc4)cc3)cc2)cc1. The number of carbonyl (C=O) groups excluding carboxylic acids is 2. The molecule has 4 aromatic carbocycles. The maximum Gasteiger partial charge on any atom is 0.150 e. The molecular formula is C27H22O2. The Kier molecular flexibility index (Phi) is 6.16. The van der Waals surface area contributed by atoms with Gasteiger partial charge in [0.05, 0.1) is 0 Å². The third kappa shape index (κ3) is 4.39. The molecule has 0 amide bonds. The molecule has 0 aliphatic carbocycles. The van der Waals surface area contributed by atoms with Gasteiger partial charge in [-0.25, -0.2) is 0 Å². The van der Waals surface area contributed by atoms with Crippen LogP contribution in [-0.2, 0) is 0 Å². The average molecular weight is 378 g/mol. The first-order valence-electron chi connectivity index (χ1n) is 9.08. The minimum Gasteiger partial charge on any atom is -0.298 e. The van der Waals surface area contributed by atoms with Crippen LogP contribution in [0.25, 0.3) is 33.4 Å². The monoisotopic (exact) mass is 378 g/mol. The molecular weight excluding hydrogens is 356 g/mol. The van der Waals surface area contributed by atoms with Crippen molar-refractivity contribution in [2.24, 2.45) is 0 Å². The lowest BCUT2D eigenvalue weighted by atomic mass is 9.97. The number of carbonyl (C=O) groups is 2. The standard InChI is InChI=1S/C26H18O2.CH4/c27-17-19-1-5-21(6-2-19)23-9-13-25(14-10-23)26-15-11-24(12-16-26)22-7-3-20(18-28)4-8-22;/h1-18H;1H4. The van der Waals surface area contributed by atoms with Crippen LogP contribution in [0.2, 0.25) is 0 Å². The summed E-state index contributed by atoms with van der Waals surface area (Å²) in [5.74, 6) is 0. The van der Waals surface area contributed by atoms with E-state index in [-0.39, 0.29) is 7.43 Å². The molecule has 29 heavy (non-hydrogen) atoms. The van der Waals surface area contributed by atoms with Crippen molar-refractivity contribution >= 4 is 12.6 Å². The molecule has 2 heteroatoms. The van der Waals surface area contributed by atoms with Crippen LogP contribution in [0.4, 0.5) is 0 Å². The molecule has 0 unspecified atom stereocenters. The summed E-state index contributed by atoms with van der Waals surface area (Å²) < 4.78 is 0. The molecule has 0 aromatic heterocycles. The van der Waals surface area contributed by atoms with Gasteiger partial charge in [0.25, 0.3) is 0 Å². The Hall–Kier alpha value is -3.78. The molecule has 142 valence electrons. The van der Waals surface area contributed by atoms with E-state index in [9.17, 15) is 9.59 Å². The van der Waals surface area contributed by atoms with Crippen molar-refractivity contribution in [3.05, 3.63) is 108 Å². The van der Waals surface area contributed by atoms with E-state index in [1.165, 1.54) is 0 Å². The first kappa shape index (κ1) is 20.0. The van der Waals surface area contributed by atoms with E-state index in [1.807, 2.05) is 48.5 Å². The molecule has 0 heterocycles. The maximum absolute atomic E-state index is 10.8. The van der Waals surface area contributed by atoms with E-state index in [1.54, 1.807) is 0 Å². The Morgan fingerprint density at radius 2 is 0.517 bits per heavy atom. The minimum absolute atomic E-state index is 0. The van der Waals surface area contributed by atoms with E-state index in [0.717, 1.165) is 46.0 Å². The highest BCUT2D eigenvalue weighted by molar-refractivity contribution is 5.79. The first-order valence-corrected chi connectivity index (χ1v) is 9.08. The molecule has 0 aliphatic heterocycles. The van der Waals surface area contributed by atoms with Crippen molar-refractivity contribution in [1.29, 1.82) is 0 Å². The summed E-state index contributed by atoms with van der Waals surface area (Å²) in [6, 6.07) is 32.0. The van der Waals surface area contributed by atoms with Crippen molar-refractivity contribution in [1.82, 2.24) is 0 Å². The lowest BCUT2D eigenvalue weighted by molar-refractivity contribution is 0.111. The Labute approximate surface area is 171 Å². The zero-order valence-corrected chi connectivity index (χ0v) is 15.2. The number of benzene rings is 4. The molecule has 0 saturated carbocycles. The summed E-state index contributed by atoms with van der Waals surface area (Å²) in [7, 11) is 0. The quantitative estimate of drug-likeness (QED) is 0.352. The number of aldehydes is 2. The zero-order chi connectivity index (χ0) is 19.3. The summed E-state index contributed by atoms with van der Waals surface area (Å²) in [6.45, 7) is 0. The van der Waals surface area contributed by atoms with E-state index in [0.29, 0.717) is 11.1 Å². The highest BCUT2D eigenvalue weighted by Gasteiger charge is 2.03. The zero-order valence-electron chi connectivity index (χ0n) is 15.2. The van der Waals surface area contributed by atoms with Crippen molar-refractivity contribution in [3.63, 3.8) is 0 Å². The second kappa shape index (κ2) is 8.94. The van der Waals surface area contributed by atoms with Crippen LogP contribution in [0.1, 0.15) is 28.1 Å². The molecule has 0 bridgehead atoms. The van der Waals surface area contributed by atoms with Gasteiger partial charge < -0.3 is 0 Å². The second-order valence-corrected chi connectivity index (χ2v) is 6.63. The smallest absolute Gasteiger partial charge is 0.150 e. The van der Waals surface area contributed by atoms with E-state index in [4.69, 9.17) is 0 Å². The van der Waals surface area contributed by atoms with Gasteiger partial charge in [-0.05, 0) is 33.4 Å². The van der Waals surface area contributed by atoms with Gasteiger partial charge in [0.15, 0.2) is 0 Å². The largest absolute Gasteiger partial charge is 0.298 e. The van der Waals surface area contributed by atoms with Gasteiger partial charge >= 0.3 is 0 Å². The van der Waals surface area contributed by atoms with Gasteiger partial charge in [0.1, 0.15) is 12.6 Å². The van der Waals surface area contributed by atoms with Crippen LogP contribution >= 0.6 is 0 Å². The second-order valence-electron chi connectivity index (χ2n) is 6.63. The molecule has 4 aromatic rings. The normalized spacial score (nSPS) is 10.1. The van der Waals surface area contributed by atoms with Crippen LogP contribution in [0.3, 0.4) is 0 Å². The molecule has 0 spiro atoms. The fourth-order valence-electron chi connectivity index (χ4n) is 3.22. The van der Waals surface area contributed by atoms with Crippen LogP contribution in [0.15, 0.2) is 97.1 Å². The van der Waals surface area contributed by atoms with Crippen molar-refractivity contribution < 1.29 is 9.59 Å². The van der Waals surface area contributed by atoms with Gasteiger partial charge in [0, 0.05) is 11.1 Å². The summed E-state index contributed by atoms with van der Waals surface area (Å²) in [6.07, 6.45) is 1.71. The highest BCUT2D eigenvalue weighted by Crippen LogP contribution is 2.27. The summed E-state index contributed by atoms with van der Waals surface area (Å²) in [4.78, 5) is 21.6. The highest BCUT2D eigenvalue weighted by atomic mass is 16.1. The summed E-state index contributed by atoms with van der Waals surface area (Å²) in [5.41, 5.74) is 8.08. The number of hydrogen-bond donors (Lipinski definition) is 0. The fourth-order valence-corrected chi connectivity index (χ4v) is 3.22. The van der Waals surface area contributed by atoms with E-state index in [2.05, 4.69) is 48.5 Å². The Morgan fingerprint density at radius 3 is 0.690 bits per heavy atom. The minimum atomic E-state index is 0. The van der Waals surface area contributed by atoms with Crippen molar-refractivity contribution in [2.75, 3.05) is 0 Å². The van der Waals surface area contributed by atoms with Crippen LogP contribution < -0.4 is 0 Å². The molecule has 2 nitrogen and oxygen atoms in total. The molecule has 4 rings (SSSR count). The number of rotatable bonds is 5. The third-order valence-electron chi connectivity index (χ3n) is 4.86. The lowest BCUT2D eigenvalue weighted by Crippen LogP contribution is -1.84. The van der Waals surface area contributed by atoms with Gasteiger partial charge in [-0.3, -0.25) is 9.59 Å². The van der Waals surface area contributed by atoms with Crippen molar-refractivity contribution in [2.45, 2.75) is 7.43 Å². The van der Waals surface area contributed by atoms with E-state index >= 15 is 0 Å². The molecule has 0 saturated heterocycles. The topological polar surface area (TPSA) is 34.1 Å². The van der Waals surface area contributed by atoms with E-state index < -0.39 is 0 Å². The van der Waals surface area contributed by atoms with Gasteiger partial charge in [-0.1, -0.05) is 104 Å². The fraction of sp³-hybridized carbons (Fsp3) is 0.0370. The van der Waals surface area contributed by atoms with Crippen molar-refractivity contribution in [3.8, 4) is 33.4 Å². The predicted octanol–water partition coefficient (Wildman–Crippen LogP) is 6.95. The molecule has 0 N–H and O–H groups in total. The summed E-state index contributed by atoms with van der Waals surface area (Å²) in [5, 5.41) is 0. The lowest BCUT2D eigenvalue weighted by Gasteiger charge is -2.07. The maximum atomic E-state index is 10.8. The predicted molar refractivity (Wildman–Crippen MR) is 120 cm³/mol. The Balaban J connectivity index is 0.00000240. The molecule has 0 aliphatic rings. The Bertz CT molecular complexity index is 996. The Morgan fingerprint density at radius 1 is 0.345 bits per heavy atom. The number of hydrogen-bond acceptors (Lipinski definition) is 2. The first-order chi connectivity index (χ1) is 13.8. The van der Waals surface area contributed by atoms with Crippen LogP contribution in [0.5, 0.6) is 0 Å². The van der Waals surface area contributed by atoms with Gasteiger partial charge in [-0.2, -0.15) is 0 Å². The molecule has 0 radical (unpaired) electrons. The van der Waals surface area contributed by atoms with Gasteiger partial charge in [0.2, 0.25) is 0 Å². The van der Waals surface area contributed by atoms with Gasteiger partial charge in [-0.15, -0.1) is 0 Å². The summed E-state index contributed by atoms with van der Waals surface area (Å²) >= 11 is 0. The molecule has 0 atom stereocenters. The third-order valence-corrected chi connectivity index (χ3v) is 4.86. The van der Waals surface area contributed by atoms with Crippen LogP contribution in [-0.4, -0.2) is 12.6 Å². The average Bonchev–Trinajstić information content (AvgIpc) is 2.79. The van der Waals surface area contributed by atoms with Crippen LogP contribution in [0, 0.1) is 0 Å².